The molecule has 5 atom stereocenters. The molecule has 0 N–H and O–H groups in total. The van der Waals surface area contributed by atoms with Gasteiger partial charge in [-0.2, -0.15) is 0 Å². The second-order valence-electron chi connectivity index (χ2n) is 11.7. The molecule has 0 radical (unpaired) electrons. The van der Waals surface area contributed by atoms with Crippen LogP contribution in [0.15, 0.2) is 0 Å². The summed E-state index contributed by atoms with van der Waals surface area (Å²) in [7, 11) is 0. The van der Waals surface area contributed by atoms with Crippen molar-refractivity contribution in [3.05, 3.63) is 0 Å². The van der Waals surface area contributed by atoms with Crippen LogP contribution in [0, 0.1) is 23.7 Å². The van der Waals surface area contributed by atoms with Gasteiger partial charge in [0.2, 0.25) is 0 Å². The molecule has 37 heavy (non-hydrogen) atoms. The van der Waals surface area contributed by atoms with E-state index in [0.717, 1.165) is 77.0 Å². The minimum Gasteiger partial charge on any atom is -0.464 e. The van der Waals surface area contributed by atoms with E-state index in [1.54, 1.807) is 20.8 Å². The van der Waals surface area contributed by atoms with E-state index in [1.807, 2.05) is 6.92 Å². The number of ether oxygens (including phenoxy) is 4. The summed E-state index contributed by atoms with van der Waals surface area (Å²) in [6.45, 7) is 7.90. The Balaban J connectivity index is 1.30. The summed E-state index contributed by atoms with van der Waals surface area (Å²) >= 11 is 0. The Labute approximate surface area is 223 Å². The van der Waals surface area contributed by atoms with Crippen molar-refractivity contribution in [1.29, 1.82) is 0 Å². The lowest BCUT2D eigenvalue weighted by Crippen LogP contribution is -2.36. The van der Waals surface area contributed by atoms with Crippen LogP contribution in [-0.2, 0) is 28.5 Å². The third-order valence-corrected chi connectivity index (χ3v) is 9.06. The van der Waals surface area contributed by atoms with Crippen LogP contribution in [0.4, 0.5) is 4.39 Å². The molecule has 0 aromatic heterocycles. The molecule has 3 aliphatic rings. The van der Waals surface area contributed by atoms with E-state index in [9.17, 15) is 9.59 Å². The molecule has 3 fully saturated rings. The second kappa shape index (κ2) is 15.4. The number of hydrogen-bond acceptors (Lipinski definition) is 6. The zero-order chi connectivity index (χ0) is 26.8. The van der Waals surface area contributed by atoms with Gasteiger partial charge in [-0.1, -0.05) is 12.8 Å². The van der Waals surface area contributed by atoms with Crippen LogP contribution in [0.3, 0.4) is 0 Å². The van der Waals surface area contributed by atoms with E-state index < -0.39 is 18.4 Å². The lowest BCUT2D eigenvalue weighted by Gasteiger charge is -2.40. The average Bonchev–Trinajstić information content (AvgIpc) is 2.89. The second-order valence-corrected chi connectivity index (χ2v) is 11.7. The maximum absolute atomic E-state index is 15.3. The van der Waals surface area contributed by atoms with Crippen LogP contribution >= 0.6 is 0 Å². The maximum atomic E-state index is 15.3. The van der Waals surface area contributed by atoms with Crippen LogP contribution in [0.1, 0.15) is 111 Å². The molecule has 3 aliphatic carbocycles. The van der Waals surface area contributed by atoms with Crippen molar-refractivity contribution in [1.82, 2.24) is 0 Å². The number of hydrogen-bond donors (Lipinski definition) is 0. The number of esters is 2. The SMILES string of the molecule is CCOC(=O)C(C)OC1CCC(CCC2CCC(C3CCC(OC(C)C(=O)OCC)CC3)C(F)C2)CC1. The zero-order valence-corrected chi connectivity index (χ0v) is 23.6. The molecule has 3 saturated carbocycles. The fourth-order valence-electron chi connectivity index (χ4n) is 6.90. The summed E-state index contributed by atoms with van der Waals surface area (Å²) in [5.41, 5.74) is 0. The molecule has 7 heteroatoms. The molecular formula is C30H51FO6. The van der Waals surface area contributed by atoms with Crippen molar-refractivity contribution in [3.63, 3.8) is 0 Å². The summed E-state index contributed by atoms with van der Waals surface area (Å²) in [4.78, 5) is 23.6. The smallest absolute Gasteiger partial charge is 0.334 e. The molecule has 0 heterocycles. The van der Waals surface area contributed by atoms with E-state index in [1.165, 1.54) is 6.42 Å². The van der Waals surface area contributed by atoms with E-state index in [0.29, 0.717) is 31.0 Å². The van der Waals surface area contributed by atoms with Crippen molar-refractivity contribution >= 4 is 11.9 Å². The molecule has 214 valence electrons. The summed E-state index contributed by atoms with van der Waals surface area (Å²) in [6.07, 6.45) is 11.8. The summed E-state index contributed by atoms with van der Waals surface area (Å²) in [5, 5.41) is 0. The van der Waals surface area contributed by atoms with Crippen LogP contribution < -0.4 is 0 Å². The molecule has 0 saturated heterocycles. The quantitative estimate of drug-likeness (QED) is 0.268. The topological polar surface area (TPSA) is 71.1 Å². The molecular weight excluding hydrogens is 475 g/mol. The van der Waals surface area contributed by atoms with Crippen molar-refractivity contribution in [2.24, 2.45) is 23.7 Å². The Morgan fingerprint density at radius 1 is 0.703 bits per heavy atom. The average molecular weight is 527 g/mol. The standard InChI is InChI=1S/C30H51FO6/c1-5-34-29(32)20(3)36-25-14-9-22(10-15-25)7-8-23-11-18-27(28(31)19-23)24-12-16-26(17-13-24)37-21(4)30(33)35-6-2/h20-28H,5-19H2,1-4H3. The van der Waals surface area contributed by atoms with Gasteiger partial charge in [0.05, 0.1) is 25.4 Å². The molecule has 0 spiro atoms. The maximum Gasteiger partial charge on any atom is 0.334 e. The van der Waals surface area contributed by atoms with Crippen LogP contribution in [0.2, 0.25) is 0 Å². The third-order valence-electron chi connectivity index (χ3n) is 9.06. The Hall–Kier alpha value is -1.21. The van der Waals surface area contributed by atoms with Crippen LogP contribution in [0.25, 0.3) is 0 Å². The van der Waals surface area contributed by atoms with E-state index in [2.05, 4.69) is 0 Å². The predicted octanol–water partition coefficient (Wildman–Crippen LogP) is 6.58. The van der Waals surface area contributed by atoms with Crippen LogP contribution in [0.5, 0.6) is 0 Å². The molecule has 0 aromatic carbocycles. The largest absolute Gasteiger partial charge is 0.464 e. The minimum absolute atomic E-state index is 0.0823. The number of halogens is 1. The Morgan fingerprint density at radius 3 is 1.65 bits per heavy atom. The van der Waals surface area contributed by atoms with Gasteiger partial charge in [0.15, 0.2) is 12.2 Å². The number of carbonyl (C=O) groups is 2. The molecule has 6 nitrogen and oxygen atoms in total. The minimum atomic E-state index is -0.687. The third kappa shape index (κ3) is 9.49. The molecule has 5 unspecified atom stereocenters. The molecule has 0 aliphatic heterocycles. The highest BCUT2D eigenvalue weighted by molar-refractivity contribution is 5.74. The normalized spacial score (nSPS) is 34.4. The van der Waals surface area contributed by atoms with Gasteiger partial charge in [0.1, 0.15) is 6.17 Å². The van der Waals surface area contributed by atoms with Gasteiger partial charge in [-0.3, -0.25) is 0 Å². The van der Waals surface area contributed by atoms with E-state index in [4.69, 9.17) is 18.9 Å². The van der Waals surface area contributed by atoms with Crippen molar-refractivity contribution in [2.45, 2.75) is 142 Å². The lowest BCUT2D eigenvalue weighted by atomic mass is 9.68. The van der Waals surface area contributed by atoms with Crippen molar-refractivity contribution in [2.75, 3.05) is 13.2 Å². The van der Waals surface area contributed by atoms with Gasteiger partial charge in [0.25, 0.3) is 0 Å². The first-order chi connectivity index (χ1) is 17.8. The highest BCUT2D eigenvalue weighted by atomic mass is 19.1. The summed E-state index contributed by atoms with van der Waals surface area (Å²) in [6, 6.07) is 0. The summed E-state index contributed by atoms with van der Waals surface area (Å²) < 4.78 is 37.2. The fourth-order valence-corrected chi connectivity index (χ4v) is 6.90. The Bertz CT molecular complexity index is 686. The lowest BCUT2D eigenvalue weighted by molar-refractivity contribution is -0.161. The van der Waals surface area contributed by atoms with Gasteiger partial charge in [-0.25, -0.2) is 14.0 Å². The van der Waals surface area contributed by atoms with E-state index >= 15 is 4.39 Å². The first kappa shape index (κ1) is 30.3. The highest BCUT2D eigenvalue weighted by Crippen LogP contribution is 2.44. The zero-order valence-electron chi connectivity index (χ0n) is 23.6. The number of alkyl halides is 1. The molecule has 0 aromatic rings. The van der Waals surface area contributed by atoms with Crippen molar-refractivity contribution < 1.29 is 32.9 Å². The van der Waals surface area contributed by atoms with Gasteiger partial charge in [0, 0.05) is 0 Å². The summed E-state index contributed by atoms with van der Waals surface area (Å²) in [5.74, 6) is 1.27. The Kier molecular flexibility index (Phi) is 12.6. The van der Waals surface area contributed by atoms with Crippen molar-refractivity contribution in [3.8, 4) is 0 Å². The first-order valence-electron chi connectivity index (χ1n) is 15.1. The number of carbonyl (C=O) groups excluding carboxylic acids is 2. The number of rotatable bonds is 12. The molecule has 0 bridgehead atoms. The highest BCUT2D eigenvalue weighted by Gasteiger charge is 2.38. The van der Waals surface area contributed by atoms with Gasteiger partial charge in [-0.15, -0.1) is 0 Å². The van der Waals surface area contributed by atoms with Gasteiger partial charge < -0.3 is 18.9 Å². The van der Waals surface area contributed by atoms with Gasteiger partial charge >= 0.3 is 11.9 Å². The molecule has 3 rings (SSSR count). The van der Waals surface area contributed by atoms with Crippen LogP contribution in [-0.4, -0.2) is 55.7 Å². The Morgan fingerprint density at radius 2 is 1.16 bits per heavy atom. The molecule has 0 amide bonds. The fraction of sp³-hybridized carbons (Fsp3) is 0.933. The monoisotopic (exact) mass is 526 g/mol. The first-order valence-corrected chi connectivity index (χ1v) is 15.1. The van der Waals surface area contributed by atoms with E-state index in [-0.39, 0.29) is 30.1 Å². The van der Waals surface area contributed by atoms with Gasteiger partial charge in [-0.05, 0) is 122 Å². The predicted molar refractivity (Wildman–Crippen MR) is 141 cm³/mol.